The van der Waals surface area contributed by atoms with E-state index in [1.165, 1.54) is 0 Å². The molecule has 0 radical (unpaired) electrons. The molecular weight excluding hydrogens is 250 g/mol. The summed E-state index contributed by atoms with van der Waals surface area (Å²) in [5, 5.41) is 4.40. The van der Waals surface area contributed by atoms with Crippen molar-refractivity contribution in [3.8, 4) is 0 Å². The van der Waals surface area contributed by atoms with E-state index >= 15 is 0 Å². The molecule has 20 heavy (non-hydrogen) atoms. The van der Waals surface area contributed by atoms with Crippen LogP contribution in [0.2, 0.25) is 0 Å². The van der Waals surface area contributed by atoms with E-state index in [2.05, 4.69) is 13.2 Å². The van der Waals surface area contributed by atoms with E-state index in [9.17, 15) is 4.79 Å². The number of pyridine rings is 1. The summed E-state index contributed by atoms with van der Waals surface area (Å²) in [6, 6.07) is 11.8. The molecule has 0 bridgehead atoms. The van der Waals surface area contributed by atoms with E-state index in [4.69, 9.17) is 4.74 Å². The number of aromatic nitrogens is 1. The van der Waals surface area contributed by atoms with Crippen LogP contribution in [0.4, 0.5) is 0 Å². The molecule has 0 aliphatic carbocycles. The lowest BCUT2D eigenvalue weighted by Gasteiger charge is -2.13. The van der Waals surface area contributed by atoms with Gasteiger partial charge in [-0.25, -0.2) is 0 Å². The second-order valence-corrected chi connectivity index (χ2v) is 5.11. The molecule has 1 atom stereocenters. The Hall–Kier alpha value is -2.39. The molecule has 3 nitrogen and oxygen atoms in total. The quantitative estimate of drug-likeness (QED) is 0.664. The van der Waals surface area contributed by atoms with Crippen LogP contribution in [-0.4, -0.2) is 17.3 Å². The maximum atomic E-state index is 12.7. The average molecular weight is 263 g/mol. The van der Waals surface area contributed by atoms with Crippen molar-refractivity contribution in [2.24, 2.45) is 0 Å². The van der Waals surface area contributed by atoms with Gasteiger partial charge < -0.3 is 4.74 Å². The Labute approximate surface area is 115 Å². The summed E-state index contributed by atoms with van der Waals surface area (Å²) in [6.45, 7) is 8.71. The van der Waals surface area contributed by atoms with Crippen LogP contribution in [-0.2, 0) is 4.74 Å². The number of rotatable bonds is 2. The first-order valence-electron chi connectivity index (χ1n) is 6.54. The SMILES string of the molecule is C=C(C1CO1)n1c(=C)c2cccc3cccc(c1=O)c32. The number of benzene rings is 2. The van der Waals surface area contributed by atoms with Gasteiger partial charge in [0.2, 0.25) is 0 Å². The third kappa shape index (κ3) is 1.41. The smallest absolute Gasteiger partial charge is 0.263 e. The van der Waals surface area contributed by atoms with E-state index in [0.29, 0.717) is 23.0 Å². The van der Waals surface area contributed by atoms with Crippen molar-refractivity contribution in [3.05, 3.63) is 58.7 Å². The Morgan fingerprint density at radius 3 is 2.50 bits per heavy atom. The van der Waals surface area contributed by atoms with Gasteiger partial charge in [-0.2, -0.15) is 0 Å². The van der Waals surface area contributed by atoms with Gasteiger partial charge in [0.05, 0.1) is 12.3 Å². The predicted molar refractivity (Wildman–Crippen MR) is 81.5 cm³/mol. The normalized spacial score (nSPS) is 17.7. The molecule has 0 saturated carbocycles. The number of nitrogens with zero attached hydrogens (tertiary/aromatic N) is 1. The largest absolute Gasteiger partial charge is 0.366 e. The van der Waals surface area contributed by atoms with Crippen LogP contribution in [0.3, 0.4) is 0 Å². The first-order valence-corrected chi connectivity index (χ1v) is 6.54. The predicted octanol–water partition coefficient (Wildman–Crippen LogP) is 2.15. The van der Waals surface area contributed by atoms with Gasteiger partial charge in [0.25, 0.3) is 5.56 Å². The highest BCUT2D eigenvalue weighted by Gasteiger charge is 2.28. The van der Waals surface area contributed by atoms with Gasteiger partial charge in [0.15, 0.2) is 0 Å². The fourth-order valence-electron chi connectivity index (χ4n) is 2.81. The molecule has 1 fully saturated rings. The zero-order chi connectivity index (χ0) is 13.9. The molecule has 4 rings (SSSR count). The fraction of sp³-hybridized carbons (Fsp3) is 0.118. The van der Waals surface area contributed by atoms with E-state index in [1.54, 1.807) is 4.57 Å². The van der Waals surface area contributed by atoms with Gasteiger partial charge in [-0.1, -0.05) is 43.5 Å². The fourth-order valence-corrected chi connectivity index (χ4v) is 2.81. The van der Waals surface area contributed by atoms with Gasteiger partial charge in [-0.05, 0) is 11.5 Å². The Kier molecular flexibility index (Phi) is 2.18. The van der Waals surface area contributed by atoms with Gasteiger partial charge >= 0.3 is 0 Å². The van der Waals surface area contributed by atoms with Crippen molar-refractivity contribution < 1.29 is 4.74 Å². The van der Waals surface area contributed by atoms with E-state index < -0.39 is 0 Å². The number of epoxide rings is 1. The molecule has 3 aromatic rings. The molecule has 98 valence electrons. The minimum Gasteiger partial charge on any atom is -0.366 e. The van der Waals surface area contributed by atoms with E-state index in [-0.39, 0.29) is 11.7 Å². The first-order chi connectivity index (χ1) is 9.68. The number of ether oxygens (including phenoxy) is 1. The molecule has 1 saturated heterocycles. The van der Waals surface area contributed by atoms with Crippen molar-refractivity contribution in [2.45, 2.75) is 6.10 Å². The summed E-state index contributed by atoms with van der Waals surface area (Å²) in [4.78, 5) is 12.7. The molecule has 0 amide bonds. The van der Waals surface area contributed by atoms with Crippen LogP contribution >= 0.6 is 0 Å². The standard InChI is InChI=1S/C17H13NO2/c1-10-13-7-3-5-12-6-4-8-14(16(12)13)17(19)18(10)11(2)15-9-20-15/h3-8,15H,1-2,9H2. The van der Waals surface area contributed by atoms with Gasteiger partial charge in [0.1, 0.15) is 6.10 Å². The monoisotopic (exact) mass is 263 g/mol. The Morgan fingerprint density at radius 1 is 1.20 bits per heavy atom. The van der Waals surface area contributed by atoms with Gasteiger partial charge in [-0.15, -0.1) is 0 Å². The molecule has 3 heteroatoms. The summed E-state index contributed by atoms with van der Waals surface area (Å²) in [6.07, 6.45) is -0.0554. The summed E-state index contributed by atoms with van der Waals surface area (Å²) in [5.74, 6) is 0. The van der Waals surface area contributed by atoms with Gasteiger partial charge in [0, 0.05) is 21.5 Å². The lowest BCUT2D eigenvalue weighted by molar-refractivity contribution is 0.439. The van der Waals surface area contributed by atoms with E-state index in [0.717, 1.165) is 16.2 Å². The summed E-state index contributed by atoms with van der Waals surface area (Å²) >= 11 is 0. The Balaban J connectivity index is 2.24. The van der Waals surface area contributed by atoms with E-state index in [1.807, 2.05) is 36.4 Å². The zero-order valence-corrected chi connectivity index (χ0v) is 10.9. The van der Waals surface area contributed by atoms with Crippen LogP contribution in [0.1, 0.15) is 0 Å². The third-order valence-electron chi connectivity index (χ3n) is 3.91. The van der Waals surface area contributed by atoms with Crippen LogP contribution in [0.25, 0.3) is 33.8 Å². The summed E-state index contributed by atoms with van der Waals surface area (Å²) in [5.41, 5.74) is 0.603. The summed E-state index contributed by atoms with van der Waals surface area (Å²) in [7, 11) is 0. The topological polar surface area (TPSA) is 34.5 Å². The molecule has 1 aromatic heterocycles. The Bertz CT molecular complexity index is 901. The maximum Gasteiger partial charge on any atom is 0.263 e. The lowest BCUT2D eigenvalue weighted by Crippen LogP contribution is -2.33. The molecule has 0 N–H and O–H groups in total. The molecule has 0 spiro atoms. The maximum absolute atomic E-state index is 12.7. The average Bonchev–Trinajstić information content (AvgIpc) is 3.29. The van der Waals surface area contributed by atoms with Crippen molar-refractivity contribution in [1.29, 1.82) is 0 Å². The highest BCUT2D eigenvalue weighted by atomic mass is 16.6. The first kappa shape index (κ1) is 11.4. The molecule has 2 heterocycles. The second kappa shape index (κ2) is 3.81. The number of hydrogen-bond donors (Lipinski definition) is 0. The molecular formula is C17H13NO2. The minimum atomic E-state index is -0.0696. The Morgan fingerprint density at radius 2 is 1.85 bits per heavy atom. The van der Waals surface area contributed by atoms with Crippen LogP contribution in [0.5, 0.6) is 0 Å². The van der Waals surface area contributed by atoms with Crippen molar-refractivity contribution in [1.82, 2.24) is 4.57 Å². The molecule has 1 aliphatic rings. The molecule has 2 aromatic carbocycles. The zero-order valence-electron chi connectivity index (χ0n) is 10.9. The highest BCUT2D eigenvalue weighted by Crippen LogP contribution is 2.24. The van der Waals surface area contributed by atoms with Crippen LogP contribution in [0, 0.1) is 0 Å². The third-order valence-corrected chi connectivity index (χ3v) is 3.91. The van der Waals surface area contributed by atoms with Crippen LogP contribution in [0.15, 0.2) is 47.8 Å². The van der Waals surface area contributed by atoms with Crippen molar-refractivity contribution in [3.63, 3.8) is 0 Å². The minimum absolute atomic E-state index is 0.0554. The van der Waals surface area contributed by atoms with Crippen molar-refractivity contribution in [2.75, 3.05) is 6.61 Å². The lowest BCUT2D eigenvalue weighted by atomic mass is 10.0. The summed E-state index contributed by atoms with van der Waals surface area (Å²) < 4.78 is 6.84. The highest BCUT2D eigenvalue weighted by molar-refractivity contribution is 6.09. The van der Waals surface area contributed by atoms with Crippen LogP contribution < -0.4 is 10.9 Å². The van der Waals surface area contributed by atoms with Gasteiger partial charge in [-0.3, -0.25) is 9.36 Å². The number of hydrogen-bond acceptors (Lipinski definition) is 2. The van der Waals surface area contributed by atoms with Crippen molar-refractivity contribution >= 4 is 33.8 Å². The molecule has 1 aliphatic heterocycles. The second-order valence-electron chi connectivity index (χ2n) is 5.11. The molecule has 1 unspecified atom stereocenters.